The lowest BCUT2D eigenvalue weighted by molar-refractivity contribution is -0.129. The van der Waals surface area contributed by atoms with Crippen molar-refractivity contribution in [1.82, 2.24) is 15.5 Å². The Kier molecular flexibility index (Phi) is 3.32. The molecule has 2 saturated carbocycles. The van der Waals surface area contributed by atoms with E-state index in [2.05, 4.69) is 10.6 Å². The summed E-state index contributed by atoms with van der Waals surface area (Å²) < 4.78 is 0. The molecular weight excluding hydrogens is 294 g/mol. The summed E-state index contributed by atoms with van der Waals surface area (Å²) in [5, 5.41) is 5.53. The van der Waals surface area contributed by atoms with E-state index in [0.717, 1.165) is 31.2 Å². The first kappa shape index (κ1) is 14.2. The Labute approximate surface area is 134 Å². The summed E-state index contributed by atoms with van der Waals surface area (Å²) in [6.45, 7) is -0.0410. The van der Waals surface area contributed by atoms with Crippen molar-refractivity contribution >= 4 is 17.7 Å². The second kappa shape index (κ2) is 5.37. The first-order chi connectivity index (χ1) is 11.1. The molecule has 23 heavy (non-hydrogen) atoms. The molecule has 120 valence electrons. The van der Waals surface area contributed by atoms with Crippen LogP contribution in [0.3, 0.4) is 0 Å². The van der Waals surface area contributed by atoms with E-state index in [0.29, 0.717) is 5.56 Å². The van der Waals surface area contributed by atoms with Crippen LogP contribution in [0.1, 0.15) is 47.6 Å². The summed E-state index contributed by atoms with van der Waals surface area (Å²) >= 11 is 0. The van der Waals surface area contributed by atoms with E-state index < -0.39 is 6.04 Å². The second-order valence-electron chi connectivity index (χ2n) is 6.49. The third-order valence-corrected chi connectivity index (χ3v) is 4.55. The van der Waals surface area contributed by atoms with Crippen molar-refractivity contribution in [2.45, 2.75) is 43.8 Å². The highest BCUT2D eigenvalue weighted by molar-refractivity contribution is 6.05. The number of nitrogens with one attached hydrogen (secondary N) is 2. The molecule has 1 aliphatic heterocycles. The normalized spacial score (nSPS) is 22.7. The molecule has 0 bridgehead atoms. The minimum absolute atomic E-state index is 0.0410. The van der Waals surface area contributed by atoms with Gasteiger partial charge in [-0.25, -0.2) is 0 Å². The number of hydrogen-bond acceptors (Lipinski definition) is 3. The highest BCUT2D eigenvalue weighted by Gasteiger charge is 2.47. The van der Waals surface area contributed by atoms with Gasteiger partial charge >= 0.3 is 0 Å². The molecule has 2 aliphatic carbocycles. The predicted molar refractivity (Wildman–Crippen MR) is 82.5 cm³/mol. The molecule has 0 aromatic heterocycles. The molecule has 1 heterocycles. The molecule has 2 fully saturated rings. The Hall–Kier alpha value is -2.37. The summed E-state index contributed by atoms with van der Waals surface area (Å²) in [5.74, 6) is -0.525. The minimum Gasteiger partial charge on any atom is -0.352 e. The zero-order valence-corrected chi connectivity index (χ0v) is 12.7. The molecule has 0 spiro atoms. The van der Waals surface area contributed by atoms with Crippen molar-refractivity contribution in [3.8, 4) is 0 Å². The maximum Gasteiger partial charge on any atom is 0.255 e. The standard InChI is InChI=1S/C17H19N3O3/c21-14(19-10-5-6-10)9-18-16(22)15-12-3-1-2-4-13(12)17(23)20(15)11-7-8-11/h1-4,10-11,15H,5-9H2,(H,18,22)(H,19,21). The molecule has 1 unspecified atom stereocenters. The van der Waals surface area contributed by atoms with Gasteiger partial charge in [-0.3, -0.25) is 14.4 Å². The van der Waals surface area contributed by atoms with Crippen LogP contribution in [0.5, 0.6) is 0 Å². The lowest BCUT2D eigenvalue weighted by Gasteiger charge is -2.24. The quantitative estimate of drug-likeness (QED) is 0.841. The average Bonchev–Trinajstić information content (AvgIpc) is 3.45. The number of amides is 3. The fourth-order valence-corrected chi connectivity index (χ4v) is 3.10. The van der Waals surface area contributed by atoms with Crippen molar-refractivity contribution in [1.29, 1.82) is 0 Å². The number of benzene rings is 1. The molecule has 4 rings (SSSR count). The van der Waals surface area contributed by atoms with Gasteiger partial charge in [0.1, 0.15) is 6.04 Å². The van der Waals surface area contributed by atoms with Crippen molar-refractivity contribution in [3.63, 3.8) is 0 Å². The Morgan fingerprint density at radius 3 is 2.57 bits per heavy atom. The third-order valence-electron chi connectivity index (χ3n) is 4.55. The molecule has 1 atom stereocenters. The smallest absolute Gasteiger partial charge is 0.255 e. The summed E-state index contributed by atoms with van der Waals surface area (Å²) in [7, 11) is 0. The number of hydrogen-bond donors (Lipinski definition) is 2. The van der Waals surface area contributed by atoms with Gasteiger partial charge in [0.05, 0.1) is 6.54 Å². The second-order valence-corrected chi connectivity index (χ2v) is 6.49. The van der Waals surface area contributed by atoms with Gasteiger partial charge in [0, 0.05) is 17.6 Å². The Morgan fingerprint density at radius 2 is 1.87 bits per heavy atom. The van der Waals surface area contributed by atoms with Crippen molar-refractivity contribution in [2.24, 2.45) is 0 Å². The third kappa shape index (κ3) is 2.69. The van der Waals surface area contributed by atoms with Crippen LogP contribution in [-0.4, -0.2) is 41.2 Å². The van der Waals surface area contributed by atoms with Gasteiger partial charge in [-0.2, -0.15) is 0 Å². The van der Waals surface area contributed by atoms with Crippen molar-refractivity contribution in [2.75, 3.05) is 6.54 Å². The fourth-order valence-electron chi connectivity index (χ4n) is 3.10. The Morgan fingerprint density at radius 1 is 1.13 bits per heavy atom. The summed E-state index contributed by atoms with van der Waals surface area (Å²) in [4.78, 5) is 38.6. The van der Waals surface area contributed by atoms with E-state index in [1.54, 1.807) is 11.0 Å². The van der Waals surface area contributed by atoms with E-state index >= 15 is 0 Å². The van der Waals surface area contributed by atoms with E-state index in [-0.39, 0.29) is 36.3 Å². The van der Waals surface area contributed by atoms with Crippen LogP contribution in [0.25, 0.3) is 0 Å². The van der Waals surface area contributed by atoms with Crippen LogP contribution in [0.4, 0.5) is 0 Å². The first-order valence-corrected chi connectivity index (χ1v) is 8.14. The van der Waals surface area contributed by atoms with Gasteiger partial charge in [-0.1, -0.05) is 18.2 Å². The number of carbonyl (C=O) groups excluding carboxylic acids is 3. The molecule has 6 nitrogen and oxygen atoms in total. The number of rotatable bonds is 5. The monoisotopic (exact) mass is 313 g/mol. The molecule has 0 saturated heterocycles. The van der Waals surface area contributed by atoms with Crippen LogP contribution in [0, 0.1) is 0 Å². The maximum atomic E-state index is 12.6. The van der Waals surface area contributed by atoms with Crippen LogP contribution in [-0.2, 0) is 9.59 Å². The Balaban J connectivity index is 1.49. The van der Waals surface area contributed by atoms with Crippen molar-refractivity contribution in [3.05, 3.63) is 35.4 Å². The molecule has 6 heteroatoms. The van der Waals surface area contributed by atoms with Gasteiger partial charge in [-0.05, 0) is 37.3 Å². The molecule has 2 N–H and O–H groups in total. The molecule has 3 aliphatic rings. The van der Waals surface area contributed by atoms with E-state index in [1.165, 1.54) is 0 Å². The van der Waals surface area contributed by atoms with Crippen molar-refractivity contribution < 1.29 is 14.4 Å². The first-order valence-electron chi connectivity index (χ1n) is 8.14. The minimum atomic E-state index is -0.611. The van der Waals surface area contributed by atoms with Crippen LogP contribution in [0.2, 0.25) is 0 Å². The number of fused-ring (bicyclic) bond motifs is 1. The van der Waals surface area contributed by atoms with Gasteiger partial charge in [0.25, 0.3) is 5.91 Å². The van der Waals surface area contributed by atoms with E-state index in [9.17, 15) is 14.4 Å². The Bertz CT molecular complexity index is 679. The lowest BCUT2D eigenvalue weighted by Crippen LogP contribution is -2.44. The van der Waals surface area contributed by atoms with Crippen LogP contribution < -0.4 is 10.6 Å². The van der Waals surface area contributed by atoms with Gasteiger partial charge < -0.3 is 15.5 Å². The molecule has 1 aromatic carbocycles. The SMILES string of the molecule is O=C(CNC(=O)C1c2ccccc2C(=O)N1C1CC1)NC1CC1. The van der Waals surface area contributed by atoms with E-state index in [1.807, 2.05) is 18.2 Å². The van der Waals surface area contributed by atoms with Crippen LogP contribution in [0.15, 0.2) is 24.3 Å². The average molecular weight is 313 g/mol. The number of carbonyl (C=O) groups is 3. The zero-order chi connectivity index (χ0) is 16.0. The predicted octanol–water partition coefficient (Wildman–Crippen LogP) is 0.741. The molecule has 3 amide bonds. The summed E-state index contributed by atoms with van der Waals surface area (Å²) in [6.07, 6.45) is 3.90. The molecular formula is C17H19N3O3. The highest BCUT2D eigenvalue weighted by atomic mass is 16.2. The largest absolute Gasteiger partial charge is 0.352 e. The summed E-state index contributed by atoms with van der Waals surface area (Å²) in [5.41, 5.74) is 1.34. The maximum absolute atomic E-state index is 12.6. The van der Waals surface area contributed by atoms with Gasteiger partial charge in [0.2, 0.25) is 11.8 Å². The van der Waals surface area contributed by atoms with Crippen LogP contribution >= 0.6 is 0 Å². The van der Waals surface area contributed by atoms with Gasteiger partial charge in [0.15, 0.2) is 0 Å². The number of nitrogens with zero attached hydrogens (tertiary/aromatic N) is 1. The molecule has 1 aromatic rings. The van der Waals surface area contributed by atoms with E-state index in [4.69, 9.17) is 0 Å². The topological polar surface area (TPSA) is 78.5 Å². The fraction of sp³-hybridized carbons (Fsp3) is 0.471. The molecule has 0 radical (unpaired) electrons. The highest BCUT2D eigenvalue weighted by Crippen LogP contribution is 2.41. The van der Waals surface area contributed by atoms with Gasteiger partial charge in [-0.15, -0.1) is 0 Å². The summed E-state index contributed by atoms with van der Waals surface area (Å²) in [6, 6.07) is 7.04. The lowest BCUT2D eigenvalue weighted by atomic mass is 10.0. The zero-order valence-electron chi connectivity index (χ0n) is 12.7.